The number of thiophene rings is 1. The summed E-state index contributed by atoms with van der Waals surface area (Å²) in [7, 11) is -3.59. The largest absolute Gasteiger partial charge is 0.333 e. The lowest BCUT2D eigenvalue weighted by Crippen LogP contribution is -2.32. The Morgan fingerprint density at radius 1 is 1.35 bits per heavy atom. The van der Waals surface area contributed by atoms with Gasteiger partial charge in [-0.1, -0.05) is 35.8 Å². The van der Waals surface area contributed by atoms with E-state index < -0.39 is 10.0 Å². The second kappa shape index (κ2) is 7.48. The van der Waals surface area contributed by atoms with Crippen LogP contribution in [0.5, 0.6) is 0 Å². The van der Waals surface area contributed by atoms with Crippen LogP contribution in [0.4, 0.5) is 0 Å². The Kier molecular flexibility index (Phi) is 5.47. The smallest absolute Gasteiger partial charge is 0.268 e. The maximum Gasteiger partial charge on any atom is 0.268 e. The minimum absolute atomic E-state index is 0.138. The Hall–Kier alpha value is -1.74. The number of rotatable bonds is 6. The zero-order chi connectivity index (χ0) is 18.9. The maximum absolute atomic E-state index is 12.5. The lowest BCUT2D eigenvalue weighted by Gasteiger charge is -2.11. The fourth-order valence-electron chi connectivity index (χ4n) is 2.32. The molecule has 3 aromatic rings. The van der Waals surface area contributed by atoms with Gasteiger partial charge in [0.15, 0.2) is 0 Å². The number of nitrogens with one attached hydrogen (secondary N) is 1. The van der Waals surface area contributed by atoms with Crippen molar-refractivity contribution in [1.82, 2.24) is 14.9 Å². The van der Waals surface area contributed by atoms with Gasteiger partial charge in [0, 0.05) is 21.5 Å². The summed E-state index contributed by atoms with van der Waals surface area (Å²) in [5, 5.41) is 4.54. The molecule has 0 fully saturated rings. The molecule has 1 atom stereocenters. The van der Waals surface area contributed by atoms with E-state index in [0.717, 1.165) is 5.56 Å². The molecule has 0 aliphatic carbocycles. The number of aromatic nitrogens is 2. The van der Waals surface area contributed by atoms with Gasteiger partial charge in [-0.15, -0.1) is 11.3 Å². The summed E-state index contributed by atoms with van der Waals surface area (Å²) in [6.07, 6.45) is 0.710. The highest BCUT2D eigenvalue weighted by atomic mass is 35.5. The molecule has 6 nitrogen and oxygen atoms in total. The van der Waals surface area contributed by atoms with Crippen LogP contribution in [0, 0.1) is 6.92 Å². The van der Waals surface area contributed by atoms with E-state index in [0.29, 0.717) is 27.0 Å². The van der Waals surface area contributed by atoms with Gasteiger partial charge in [0.05, 0.1) is 9.77 Å². The van der Waals surface area contributed by atoms with Crippen LogP contribution in [-0.4, -0.2) is 24.6 Å². The fourth-order valence-corrected chi connectivity index (χ4v) is 5.35. The van der Waals surface area contributed by atoms with Gasteiger partial charge in [-0.25, -0.2) is 13.1 Å². The van der Waals surface area contributed by atoms with Crippen LogP contribution in [0.1, 0.15) is 25.1 Å². The molecule has 0 bridgehead atoms. The molecule has 0 aliphatic heterocycles. The molecule has 9 heteroatoms. The average molecular weight is 412 g/mol. The van der Waals surface area contributed by atoms with E-state index in [4.69, 9.17) is 16.1 Å². The Morgan fingerprint density at radius 2 is 2.12 bits per heavy atom. The van der Waals surface area contributed by atoms with Crippen LogP contribution in [0.15, 0.2) is 39.8 Å². The molecule has 1 N–H and O–H groups in total. The number of hydrogen-bond acceptors (Lipinski definition) is 6. The number of sulfonamides is 1. The van der Waals surface area contributed by atoms with E-state index >= 15 is 0 Å². The molecular weight excluding hydrogens is 394 g/mol. The number of benzene rings is 1. The molecule has 0 spiro atoms. The summed E-state index contributed by atoms with van der Waals surface area (Å²) >= 11 is 7.29. The highest BCUT2D eigenvalue weighted by Crippen LogP contribution is 2.34. The van der Waals surface area contributed by atoms with Crippen molar-refractivity contribution in [2.75, 3.05) is 0 Å². The van der Waals surface area contributed by atoms with Crippen molar-refractivity contribution >= 4 is 33.0 Å². The van der Waals surface area contributed by atoms with Gasteiger partial charge in [0.1, 0.15) is 0 Å². The number of halogens is 1. The first-order valence-corrected chi connectivity index (χ1v) is 10.7. The highest BCUT2D eigenvalue weighted by molar-refractivity contribution is 7.89. The van der Waals surface area contributed by atoms with Crippen molar-refractivity contribution in [3.8, 4) is 22.2 Å². The lowest BCUT2D eigenvalue weighted by atomic mass is 10.2. The fraction of sp³-hybridized carbons (Fsp3) is 0.294. The number of hydrogen-bond donors (Lipinski definition) is 1. The minimum Gasteiger partial charge on any atom is -0.333 e. The van der Waals surface area contributed by atoms with Gasteiger partial charge in [0.2, 0.25) is 15.8 Å². The van der Waals surface area contributed by atoms with Crippen molar-refractivity contribution < 1.29 is 12.9 Å². The molecule has 138 valence electrons. The molecule has 0 aliphatic rings. The van der Waals surface area contributed by atoms with Crippen LogP contribution in [0.2, 0.25) is 5.02 Å². The zero-order valence-electron chi connectivity index (χ0n) is 14.5. The average Bonchev–Trinajstić information content (AvgIpc) is 3.21. The highest BCUT2D eigenvalue weighted by Gasteiger charge is 2.24. The summed E-state index contributed by atoms with van der Waals surface area (Å²) in [5.74, 6) is 0.675. The van der Waals surface area contributed by atoms with E-state index in [1.54, 1.807) is 31.2 Å². The van der Waals surface area contributed by atoms with E-state index in [1.165, 1.54) is 11.3 Å². The topological polar surface area (TPSA) is 85.1 Å². The predicted octanol–water partition coefficient (Wildman–Crippen LogP) is 4.50. The van der Waals surface area contributed by atoms with Crippen LogP contribution in [0.3, 0.4) is 0 Å². The second-order valence-corrected chi connectivity index (χ2v) is 9.27. The van der Waals surface area contributed by atoms with Gasteiger partial charge in [-0.3, -0.25) is 0 Å². The Labute approximate surface area is 161 Å². The molecule has 0 unspecified atom stereocenters. The van der Waals surface area contributed by atoms with Crippen LogP contribution in [0.25, 0.3) is 22.2 Å². The molecule has 2 aromatic heterocycles. The minimum atomic E-state index is -3.59. The maximum atomic E-state index is 12.5. The first-order chi connectivity index (χ1) is 12.3. The Bertz CT molecular complexity index is 1030. The predicted molar refractivity (Wildman–Crippen MR) is 103 cm³/mol. The molecule has 26 heavy (non-hydrogen) atoms. The van der Waals surface area contributed by atoms with Crippen LogP contribution >= 0.6 is 22.9 Å². The van der Waals surface area contributed by atoms with E-state index in [1.807, 2.05) is 19.9 Å². The van der Waals surface area contributed by atoms with E-state index in [2.05, 4.69) is 14.9 Å². The van der Waals surface area contributed by atoms with Crippen molar-refractivity contribution in [1.29, 1.82) is 0 Å². The number of nitrogens with zero attached hydrogens (tertiary/aromatic N) is 2. The second-order valence-electron chi connectivity index (χ2n) is 5.90. The van der Waals surface area contributed by atoms with Crippen LogP contribution < -0.4 is 4.72 Å². The van der Waals surface area contributed by atoms with E-state index in [-0.39, 0.29) is 16.8 Å². The monoisotopic (exact) mass is 411 g/mol. The Morgan fingerprint density at radius 3 is 2.81 bits per heavy atom. The van der Waals surface area contributed by atoms with Gasteiger partial charge < -0.3 is 4.52 Å². The van der Waals surface area contributed by atoms with Gasteiger partial charge in [-0.05, 0) is 38.5 Å². The van der Waals surface area contributed by atoms with Crippen molar-refractivity contribution in [2.24, 2.45) is 0 Å². The zero-order valence-corrected chi connectivity index (χ0v) is 16.9. The molecule has 1 aromatic carbocycles. The third-order valence-electron chi connectivity index (χ3n) is 3.85. The summed E-state index contributed by atoms with van der Waals surface area (Å²) < 4.78 is 33.1. The lowest BCUT2D eigenvalue weighted by molar-refractivity contribution is 0.433. The molecule has 2 heterocycles. The molecule has 3 rings (SSSR count). The molecule has 0 radical (unpaired) electrons. The molecule has 0 saturated carbocycles. The first kappa shape index (κ1) is 19.0. The van der Waals surface area contributed by atoms with E-state index in [9.17, 15) is 8.42 Å². The summed E-state index contributed by atoms with van der Waals surface area (Å²) in [4.78, 5) is 5.87. The van der Waals surface area contributed by atoms with Gasteiger partial charge >= 0.3 is 0 Å². The summed E-state index contributed by atoms with van der Waals surface area (Å²) in [6.45, 7) is 5.51. The molecule has 0 amide bonds. The third kappa shape index (κ3) is 3.98. The summed E-state index contributed by atoms with van der Waals surface area (Å²) in [5.41, 5.74) is 0.729. The van der Waals surface area contributed by atoms with Gasteiger partial charge in [-0.2, -0.15) is 4.98 Å². The quantitative estimate of drug-likeness (QED) is 0.645. The van der Waals surface area contributed by atoms with Gasteiger partial charge in [0.25, 0.3) is 5.89 Å². The van der Waals surface area contributed by atoms with Crippen molar-refractivity contribution in [2.45, 2.75) is 38.1 Å². The first-order valence-electron chi connectivity index (χ1n) is 8.03. The summed E-state index contributed by atoms with van der Waals surface area (Å²) in [6, 6.07) is 8.55. The van der Waals surface area contributed by atoms with Crippen molar-refractivity contribution in [3.63, 3.8) is 0 Å². The molecular formula is C17H18ClN3O3S2. The Balaban J connectivity index is 1.93. The third-order valence-corrected chi connectivity index (χ3v) is 6.97. The van der Waals surface area contributed by atoms with Crippen molar-refractivity contribution in [3.05, 3.63) is 40.2 Å². The molecule has 0 saturated heterocycles. The normalized spacial score (nSPS) is 13.1. The number of aryl methyl sites for hydroxylation is 1. The standard InChI is InChI=1S/C17H18ClN3O3S2/c1-4-10(2)21-26(22,23)15-9-14(25-11(15)3)17-19-16(20-24-17)12-6-5-7-13(18)8-12/h5-10,21H,4H2,1-3H3/t10-/m0/s1. The van der Waals surface area contributed by atoms with Crippen LogP contribution in [-0.2, 0) is 10.0 Å². The SMILES string of the molecule is CC[C@H](C)NS(=O)(=O)c1cc(-c2nc(-c3cccc(Cl)c3)no2)sc1C.